The fraction of sp³-hybridized carbons (Fsp3) is 0.143. The summed E-state index contributed by atoms with van der Waals surface area (Å²) >= 11 is 0. The standard InChI is InChI=1S/C21H16O3/c1-13-15-8-4-5-9-16(15)19(20(23)24-2)21(13)17-10-6-3-7-14(17)11-12-18(21)22/h3-12,19H,1H2,2H3/t19-,21+/m0/s1. The van der Waals surface area contributed by atoms with Gasteiger partial charge in [-0.3, -0.25) is 9.59 Å². The Hall–Kier alpha value is -2.94. The summed E-state index contributed by atoms with van der Waals surface area (Å²) < 4.78 is 5.07. The molecule has 0 radical (unpaired) electrons. The van der Waals surface area contributed by atoms with Crippen LogP contribution >= 0.6 is 0 Å². The van der Waals surface area contributed by atoms with Gasteiger partial charge in [0.05, 0.1) is 7.11 Å². The highest BCUT2D eigenvalue weighted by Crippen LogP contribution is 2.58. The summed E-state index contributed by atoms with van der Waals surface area (Å²) in [4.78, 5) is 25.8. The quantitative estimate of drug-likeness (QED) is 0.756. The number of hydrogen-bond donors (Lipinski definition) is 0. The topological polar surface area (TPSA) is 43.4 Å². The van der Waals surface area contributed by atoms with E-state index in [9.17, 15) is 9.59 Å². The van der Waals surface area contributed by atoms with Crippen LogP contribution in [0.15, 0.2) is 61.2 Å². The van der Waals surface area contributed by atoms with E-state index in [4.69, 9.17) is 4.74 Å². The minimum Gasteiger partial charge on any atom is -0.469 e. The highest BCUT2D eigenvalue weighted by atomic mass is 16.5. The Kier molecular flexibility index (Phi) is 3.07. The van der Waals surface area contributed by atoms with E-state index >= 15 is 0 Å². The second-order valence-electron chi connectivity index (χ2n) is 6.11. The van der Waals surface area contributed by atoms with Crippen LogP contribution in [0.3, 0.4) is 0 Å². The van der Waals surface area contributed by atoms with Crippen molar-refractivity contribution in [1.29, 1.82) is 0 Å². The van der Waals surface area contributed by atoms with Crippen molar-refractivity contribution in [2.45, 2.75) is 11.3 Å². The van der Waals surface area contributed by atoms with E-state index in [0.29, 0.717) is 5.57 Å². The van der Waals surface area contributed by atoms with Crippen LogP contribution in [0.5, 0.6) is 0 Å². The van der Waals surface area contributed by atoms with Crippen LogP contribution < -0.4 is 0 Å². The van der Waals surface area contributed by atoms with Gasteiger partial charge in [-0.15, -0.1) is 0 Å². The first-order chi connectivity index (χ1) is 11.6. The van der Waals surface area contributed by atoms with E-state index in [1.54, 1.807) is 12.2 Å². The molecule has 0 N–H and O–H groups in total. The smallest absolute Gasteiger partial charge is 0.314 e. The summed E-state index contributed by atoms with van der Waals surface area (Å²) in [5.41, 5.74) is 2.94. The van der Waals surface area contributed by atoms with Gasteiger partial charge in [-0.05, 0) is 33.9 Å². The van der Waals surface area contributed by atoms with Crippen LogP contribution in [0, 0.1) is 0 Å². The van der Waals surface area contributed by atoms with Gasteiger partial charge in [0.1, 0.15) is 11.3 Å². The van der Waals surface area contributed by atoms with Crippen LogP contribution in [0.2, 0.25) is 0 Å². The minimum atomic E-state index is -1.12. The first-order valence-electron chi connectivity index (χ1n) is 7.81. The molecule has 2 aliphatic carbocycles. The highest BCUT2D eigenvalue weighted by molar-refractivity contribution is 6.19. The van der Waals surface area contributed by atoms with Gasteiger partial charge >= 0.3 is 5.97 Å². The van der Waals surface area contributed by atoms with E-state index in [2.05, 4.69) is 6.58 Å². The lowest BCUT2D eigenvalue weighted by Gasteiger charge is -2.36. The molecule has 0 aromatic heterocycles. The number of ether oxygens (including phenoxy) is 1. The number of allylic oxidation sites excluding steroid dienone is 2. The molecule has 0 fully saturated rings. The van der Waals surface area contributed by atoms with Gasteiger partial charge in [-0.1, -0.05) is 61.2 Å². The number of carbonyl (C=O) groups excluding carboxylic acids is 2. The molecule has 2 aromatic rings. The van der Waals surface area contributed by atoms with Gasteiger partial charge in [0.2, 0.25) is 0 Å². The maximum Gasteiger partial charge on any atom is 0.314 e. The van der Waals surface area contributed by atoms with Gasteiger partial charge < -0.3 is 4.74 Å². The lowest BCUT2D eigenvalue weighted by atomic mass is 9.62. The summed E-state index contributed by atoms with van der Waals surface area (Å²) in [7, 11) is 1.36. The van der Waals surface area contributed by atoms with Gasteiger partial charge in [0.15, 0.2) is 5.78 Å². The van der Waals surface area contributed by atoms with Crippen LogP contribution in [-0.2, 0) is 19.7 Å². The van der Waals surface area contributed by atoms with Gasteiger partial charge in [-0.2, -0.15) is 0 Å². The number of ketones is 1. The predicted molar refractivity (Wildman–Crippen MR) is 92.4 cm³/mol. The van der Waals surface area contributed by atoms with Crippen LogP contribution in [0.4, 0.5) is 0 Å². The normalized spacial score (nSPS) is 24.0. The zero-order valence-corrected chi connectivity index (χ0v) is 13.3. The molecule has 0 bridgehead atoms. The maximum absolute atomic E-state index is 13.1. The van der Waals surface area contributed by atoms with E-state index in [-0.39, 0.29) is 5.78 Å². The maximum atomic E-state index is 13.1. The number of fused-ring (bicyclic) bond motifs is 3. The molecule has 2 aliphatic rings. The number of rotatable bonds is 1. The van der Waals surface area contributed by atoms with Gasteiger partial charge in [0, 0.05) is 0 Å². The summed E-state index contributed by atoms with van der Waals surface area (Å²) in [5.74, 6) is -1.26. The van der Waals surface area contributed by atoms with Crippen molar-refractivity contribution >= 4 is 23.4 Å². The largest absolute Gasteiger partial charge is 0.469 e. The van der Waals surface area contributed by atoms with Crippen LogP contribution in [0.1, 0.15) is 28.2 Å². The first-order valence-corrected chi connectivity index (χ1v) is 7.81. The molecular weight excluding hydrogens is 300 g/mol. The molecule has 0 heterocycles. The van der Waals surface area contributed by atoms with E-state index in [1.165, 1.54) is 7.11 Å². The average molecular weight is 316 g/mol. The molecule has 1 spiro atoms. The molecule has 0 amide bonds. The Labute approximate surface area is 140 Å². The van der Waals surface area contributed by atoms with Crippen LogP contribution in [-0.4, -0.2) is 18.9 Å². The zero-order chi connectivity index (χ0) is 16.9. The summed E-state index contributed by atoms with van der Waals surface area (Å²) in [5, 5.41) is 0. The van der Waals surface area contributed by atoms with E-state index in [1.807, 2.05) is 48.5 Å². The summed E-state index contributed by atoms with van der Waals surface area (Å²) in [6, 6.07) is 15.2. The lowest BCUT2D eigenvalue weighted by Crippen LogP contribution is -2.43. The molecule has 0 saturated carbocycles. The Bertz CT molecular complexity index is 922. The summed E-state index contributed by atoms with van der Waals surface area (Å²) in [6.07, 6.45) is 3.35. The SMILES string of the molecule is C=C1c2ccccc2[C@@H](C(=O)OC)[C@]12C(=O)C=Cc1ccccc12. The van der Waals surface area contributed by atoms with Crippen molar-refractivity contribution in [2.24, 2.45) is 0 Å². The molecule has 2 aromatic carbocycles. The third-order valence-electron chi connectivity index (χ3n) is 5.13. The highest BCUT2D eigenvalue weighted by Gasteiger charge is 2.59. The third-order valence-corrected chi connectivity index (χ3v) is 5.13. The van der Waals surface area contributed by atoms with Crippen molar-refractivity contribution in [2.75, 3.05) is 7.11 Å². The molecule has 3 nitrogen and oxygen atoms in total. The fourth-order valence-electron chi connectivity index (χ4n) is 4.11. The molecular formula is C21H16O3. The summed E-state index contributed by atoms with van der Waals surface area (Å²) in [6.45, 7) is 4.23. The molecule has 0 aliphatic heterocycles. The zero-order valence-electron chi connectivity index (χ0n) is 13.3. The molecule has 2 atom stereocenters. The number of benzene rings is 2. The number of esters is 1. The van der Waals surface area contributed by atoms with E-state index in [0.717, 1.165) is 22.3 Å². The third kappa shape index (κ3) is 1.61. The number of carbonyl (C=O) groups is 2. The Balaban J connectivity index is 2.10. The monoisotopic (exact) mass is 316 g/mol. The van der Waals surface area contributed by atoms with Crippen molar-refractivity contribution < 1.29 is 14.3 Å². The molecule has 3 heteroatoms. The van der Waals surface area contributed by atoms with Crippen LogP contribution in [0.25, 0.3) is 11.6 Å². The number of hydrogen-bond acceptors (Lipinski definition) is 3. The van der Waals surface area contributed by atoms with Crippen molar-refractivity contribution in [3.8, 4) is 0 Å². The predicted octanol–water partition coefficient (Wildman–Crippen LogP) is 3.50. The van der Waals surface area contributed by atoms with Gasteiger partial charge in [-0.25, -0.2) is 0 Å². The first kappa shape index (κ1) is 14.6. The van der Waals surface area contributed by atoms with Crippen molar-refractivity contribution in [1.82, 2.24) is 0 Å². The Morgan fingerprint density at radius 3 is 2.58 bits per heavy atom. The molecule has 4 rings (SSSR count). The second kappa shape index (κ2) is 5.03. The Morgan fingerprint density at radius 1 is 1.08 bits per heavy atom. The molecule has 24 heavy (non-hydrogen) atoms. The Morgan fingerprint density at radius 2 is 1.79 bits per heavy atom. The van der Waals surface area contributed by atoms with Gasteiger partial charge in [0.25, 0.3) is 0 Å². The minimum absolute atomic E-state index is 0.127. The fourth-order valence-corrected chi connectivity index (χ4v) is 4.11. The second-order valence-corrected chi connectivity index (χ2v) is 6.11. The molecule has 0 unspecified atom stereocenters. The van der Waals surface area contributed by atoms with E-state index < -0.39 is 17.3 Å². The molecule has 118 valence electrons. The lowest BCUT2D eigenvalue weighted by molar-refractivity contribution is -0.145. The van der Waals surface area contributed by atoms with Crippen molar-refractivity contribution in [3.63, 3.8) is 0 Å². The molecule has 0 saturated heterocycles. The average Bonchev–Trinajstić information content (AvgIpc) is 2.88. The van der Waals surface area contributed by atoms with Crippen molar-refractivity contribution in [3.05, 3.63) is 83.4 Å². The number of methoxy groups -OCH3 is 1.